The Morgan fingerprint density at radius 1 is 1.13 bits per heavy atom. The Morgan fingerprint density at radius 3 is 2.69 bits per heavy atom. The number of aromatic nitrogens is 1. The van der Waals surface area contributed by atoms with Gasteiger partial charge in [0.05, 0.1) is 11.7 Å². The highest BCUT2D eigenvalue weighted by Gasteiger charge is 2.78. The van der Waals surface area contributed by atoms with Gasteiger partial charge in [0.15, 0.2) is 11.6 Å². The molecule has 2 aromatic rings. The van der Waals surface area contributed by atoms with Gasteiger partial charge in [0.2, 0.25) is 5.91 Å². The number of hydrogen-bond donors (Lipinski definition) is 3. The number of para-hydroxylation sites is 1. The van der Waals surface area contributed by atoms with E-state index in [2.05, 4.69) is 30.2 Å². The molecule has 7 heteroatoms. The number of ether oxygens (including phenoxy) is 1. The summed E-state index contributed by atoms with van der Waals surface area (Å²) < 4.78 is 6.33. The Labute approximate surface area is 228 Å². The van der Waals surface area contributed by atoms with E-state index in [4.69, 9.17) is 4.74 Å². The largest absolute Gasteiger partial charge is 0.381 e. The van der Waals surface area contributed by atoms with Crippen LogP contribution in [-0.4, -0.2) is 51.4 Å². The minimum atomic E-state index is -1.41. The van der Waals surface area contributed by atoms with Gasteiger partial charge in [-0.1, -0.05) is 50.3 Å². The molecule has 39 heavy (non-hydrogen) atoms. The third kappa shape index (κ3) is 3.81. The van der Waals surface area contributed by atoms with Crippen LogP contribution in [0.5, 0.6) is 0 Å². The maximum atomic E-state index is 14.2. The summed E-state index contributed by atoms with van der Waals surface area (Å²) in [4.78, 5) is 44.5. The van der Waals surface area contributed by atoms with Gasteiger partial charge in [-0.15, -0.1) is 0 Å². The lowest BCUT2D eigenvalue weighted by Gasteiger charge is -2.45. The van der Waals surface area contributed by atoms with Crippen LogP contribution in [0.15, 0.2) is 66.4 Å². The normalized spacial score (nSPS) is 41.7. The number of benzene rings is 1. The van der Waals surface area contributed by atoms with Gasteiger partial charge in [-0.2, -0.15) is 0 Å². The SMILES string of the molecule is CC1=CC(C)C/C=C/[C@H]2[C@@H]3O[C@]3(C)[C@@H](C)[C@H]3[C@H](Cc4c[nH]c5ccccc45)NC(=O)[C@]32C(=O)/C=C/C(=O)[C@@H]1O. The highest BCUT2D eigenvalue weighted by molar-refractivity contribution is 6.15. The molecular formula is C32H36N2O5. The number of aromatic amines is 1. The van der Waals surface area contributed by atoms with Crippen molar-refractivity contribution in [3.05, 3.63) is 72.0 Å². The standard InChI is InChI=1S/C32H36N2O5/c1-17-8-7-10-22-29-31(4,39-29)19(3)27-24(15-20-16-33-23-11-6-5-9-21(20)23)34-30(38)32(22,27)26(36)13-12-25(35)28(37)18(2)14-17/h5-7,9-14,16-17,19,22,24,27-29,33,37H,8,15H2,1-4H3,(H,34,38)/b10-7+,13-12+,18-14?/t17?,19-,22-,24-,27-,28+,29-,31+,32+/m0/s1. The minimum Gasteiger partial charge on any atom is -0.381 e. The topological polar surface area (TPSA) is 112 Å². The second-order valence-electron chi connectivity index (χ2n) is 12.1. The zero-order valence-corrected chi connectivity index (χ0v) is 22.8. The number of H-pyrrole nitrogens is 1. The van der Waals surface area contributed by atoms with E-state index >= 15 is 0 Å². The zero-order valence-electron chi connectivity index (χ0n) is 22.8. The molecule has 3 heterocycles. The molecule has 4 aliphatic rings. The third-order valence-electron chi connectivity index (χ3n) is 9.86. The summed E-state index contributed by atoms with van der Waals surface area (Å²) in [6.07, 6.45) is 9.89. The molecule has 3 fully saturated rings. The van der Waals surface area contributed by atoms with E-state index in [-0.39, 0.29) is 35.8 Å². The third-order valence-corrected chi connectivity index (χ3v) is 9.86. The number of aliphatic hydroxyl groups excluding tert-OH is 1. The van der Waals surface area contributed by atoms with Crippen molar-refractivity contribution < 1.29 is 24.2 Å². The fraction of sp³-hybridized carbons (Fsp3) is 0.469. The summed E-state index contributed by atoms with van der Waals surface area (Å²) in [6, 6.07) is 7.77. The monoisotopic (exact) mass is 528 g/mol. The van der Waals surface area contributed by atoms with E-state index in [0.29, 0.717) is 18.4 Å². The lowest BCUT2D eigenvalue weighted by Crippen LogP contribution is -2.58. The molecular weight excluding hydrogens is 492 g/mol. The van der Waals surface area contributed by atoms with Gasteiger partial charge < -0.3 is 20.1 Å². The predicted molar refractivity (Wildman–Crippen MR) is 148 cm³/mol. The number of ketones is 2. The fourth-order valence-electron chi connectivity index (χ4n) is 7.66. The van der Waals surface area contributed by atoms with Gasteiger partial charge in [0, 0.05) is 35.0 Å². The quantitative estimate of drug-likeness (QED) is 0.312. The molecule has 2 saturated heterocycles. The van der Waals surface area contributed by atoms with Crippen LogP contribution in [0.3, 0.4) is 0 Å². The van der Waals surface area contributed by atoms with Crippen LogP contribution in [0, 0.1) is 29.1 Å². The predicted octanol–water partition coefficient (Wildman–Crippen LogP) is 3.83. The van der Waals surface area contributed by atoms with Crippen molar-refractivity contribution in [1.82, 2.24) is 10.3 Å². The Kier molecular flexibility index (Phi) is 6.08. The zero-order chi connectivity index (χ0) is 27.7. The van der Waals surface area contributed by atoms with Crippen molar-refractivity contribution in [1.29, 1.82) is 0 Å². The van der Waals surface area contributed by atoms with Gasteiger partial charge >= 0.3 is 0 Å². The highest BCUT2D eigenvalue weighted by atomic mass is 16.6. The van der Waals surface area contributed by atoms with Crippen molar-refractivity contribution in [3.63, 3.8) is 0 Å². The molecule has 0 bridgehead atoms. The fourth-order valence-corrected chi connectivity index (χ4v) is 7.66. The number of rotatable bonds is 2. The van der Waals surface area contributed by atoms with Gasteiger partial charge in [0.25, 0.3) is 0 Å². The van der Waals surface area contributed by atoms with Gasteiger partial charge in [-0.3, -0.25) is 14.4 Å². The summed E-state index contributed by atoms with van der Waals surface area (Å²) in [5.41, 5.74) is 0.805. The molecule has 6 rings (SSSR count). The molecule has 1 amide bonds. The molecule has 2 aliphatic carbocycles. The molecule has 3 N–H and O–H groups in total. The average Bonchev–Trinajstić information content (AvgIpc) is 3.31. The first-order valence-corrected chi connectivity index (χ1v) is 13.9. The number of fused-ring (bicyclic) bond motifs is 3. The van der Waals surface area contributed by atoms with Crippen LogP contribution in [0.2, 0.25) is 0 Å². The van der Waals surface area contributed by atoms with Gasteiger partial charge in [-0.05, 0) is 67.9 Å². The number of amides is 1. The van der Waals surface area contributed by atoms with Crippen molar-refractivity contribution in [2.75, 3.05) is 0 Å². The smallest absolute Gasteiger partial charge is 0.235 e. The maximum absolute atomic E-state index is 14.2. The van der Waals surface area contributed by atoms with Crippen molar-refractivity contribution >= 4 is 28.4 Å². The van der Waals surface area contributed by atoms with Crippen LogP contribution in [0.1, 0.15) is 39.7 Å². The Balaban J connectivity index is 1.46. The molecule has 1 spiro atoms. The van der Waals surface area contributed by atoms with E-state index < -0.39 is 34.6 Å². The number of epoxide rings is 1. The Hall–Kier alpha value is -3.29. The summed E-state index contributed by atoms with van der Waals surface area (Å²) in [5.74, 6) is -2.11. The molecule has 1 aromatic heterocycles. The summed E-state index contributed by atoms with van der Waals surface area (Å²) >= 11 is 0. The Bertz CT molecular complexity index is 1450. The molecule has 204 valence electrons. The van der Waals surface area contributed by atoms with Crippen LogP contribution >= 0.6 is 0 Å². The molecule has 1 saturated carbocycles. The molecule has 0 radical (unpaired) electrons. The van der Waals surface area contributed by atoms with Gasteiger partial charge in [0.1, 0.15) is 11.5 Å². The van der Waals surface area contributed by atoms with Crippen LogP contribution in [-0.2, 0) is 25.5 Å². The molecule has 1 aromatic carbocycles. The van der Waals surface area contributed by atoms with Crippen molar-refractivity contribution in [2.45, 2.75) is 64.4 Å². The number of carbonyl (C=O) groups is 3. The molecule has 1 unspecified atom stereocenters. The van der Waals surface area contributed by atoms with E-state index in [0.717, 1.165) is 22.5 Å². The first-order chi connectivity index (χ1) is 18.6. The van der Waals surface area contributed by atoms with E-state index in [1.165, 1.54) is 6.08 Å². The summed E-state index contributed by atoms with van der Waals surface area (Å²) in [7, 11) is 0. The molecule has 9 atom stereocenters. The minimum absolute atomic E-state index is 0.0666. The second-order valence-corrected chi connectivity index (χ2v) is 12.1. The van der Waals surface area contributed by atoms with Crippen molar-refractivity contribution in [3.8, 4) is 0 Å². The average molecular weight is 529 g/mol. The number of aliphatic hydroxyl groups is 1. The lowest BCUT2D eigenvalue weighted by atomic mass is 9.51. The van der Waals surface area contributed by atoms with E-state index in [1.54, 1.807) is 6.92 Å². The van der Waals surface area contributed by atoms with E-state index in [9.17, 15) is 19.5 Å². The summed E-state index contributed by atoms with van der Waals surface area (Å²) in [5, 5.41) is 14.9. The summed E-state index contributed by atoms with van der Waals surface area (Å²) in [6.45, 7) is 7.90. The number of allylic oxidation sites excluding steroid dienone is 3. The first kappa shape index (κ1) is 26.0. The Morgan fingerprint density at radius 2 is 1.90 bits per heavy atom. The highest BCUT2D eigenvalue weighted by Crippen LogP contribution is 2.66. The lowest BCUT2D eigenvalue weighted by molar-refractivity contribution is -0.145. The number of carbonyl (C=O) groups excluding carboxylic acids is 3. The number of hydrogen-bond acceptors (Lipinski definition) is 5. The second kappa shape index (κ2) is 9.14. The van der Waals surface area contributed by atoms with Gasteiger partial charge in [-0.25, -0.2) is 0 Å². The molecule has 7 nitrogen and oxygen atoms in total. The maximum Gasteiger partial charge on any atom is 0.235 e. The first-order valence-electron chi connectivity index (χ1n) is 13.9. The van der Waals surface area contributed by atoms with Crippen LogP contribution in [0.4, 0.5) is 0 Å². The number of nitrogens with one attached hydrogen (secondary N) is 2. The van der Waals surface area contributed by atoms with Crippen molar-refractivity contribution in [2.24, 2.45) is 29.1 Å². The molecule has 2 aliphatic heterocycles. The van der Waals surface area contributed by atoms with E-state index in [1.807, 2.05) is 49.5 Å². The van der Waals surface area contributed by atoms with Crippen LogP contribution < -0.4 is 5.32 Å². The van der Waals surface area contributed by atoms with Crippen LogP contribution in [0.25, 0.3) is 10.9 Å².